The second-order valence-corrected chi connectivity index (χ2v) is 11.8. The summed E-state index contributed by atoms with van der Waals surface area (Å²) in [6.45, 7) is 3.87. The van der Waals surface area contributed by atoms with Crippen molar-refractivity contribution in [3.05, 3.63) is 118 Å². The molecule has 2 aromatic heterocycles. The van der Waals surface area contributed by atoms with Crippen LogP contribution in [0.5, 0.6) is 11.5 Å². The highest BCUT2D eigenvalue weighted by Crippen LogP contribution is 2.33. The first-order valence-corrected chi connectivity index (χ1v) is 15.4. The molecule has 1 amide bonds. The fraction of sp³-hybridized carbons (Fsp3) is 0.250. The Bertz CT molecular complexity index is 1930. The number of phenols is 1. The first-order chi connectivity index (χ1) is 22.7. The van der Waals surface area contributed by atoms with E-state index in [9.17, 15) is 14.7 Å². The van der Waals surface area contributed by atoms with Crippen LogP contribution in [0.3, 0.4) is 0 Å². The Labute approximate surface area is 271 Å². The van der Waals surface area contributed by atoms with Crippen LogP contribution in [0.15, 0.2) is 84.2 Å². The predicted octanol–water partition coefficient (Wildman–Crippen LogP) is 5.06. The summed E-state index contributed by atoms with van der Waals surface area (Å²) in [4.78, 5) is 31.6. The van der Waals surface area contributed by atoms with E-state index in [4.69, 9.17) is 15.2 Å². The Balaban J connectivity index is 1.27. The zero-order valence-electron chi connectivity index (χ0n) is 26.1. The first-order valence-electron chi connectivity index (χ1n) is 15.4. The third-order valence-corrected chi connectivity index (χ3v) is 8.44. The van der Waals surface area contributed by atoms with Crippen molar-refractivity contribution in [1.82, 2.24) is 14.9 Å². The number of amides is 1. The van der Waals surface area contributed by atoms with Crippen molar-refractivity contribution in [3.8, 4) is 22.8 Å². The van der Waals surface area contributed by atoms with Crippen molar-refractivity contribution in [2.24, 2.45) is 11.7 Å². The van der Waals surface area contributed by atoms with Crippen LogP contribution in [0.25, 0.3) is 22.4 Å². The monoisotopic (exact) mass is 637 g/mol. The van der Waals surface area contributed by atoms with E-state index in [1.807, 2.05) is 17.6 Å². The topological polar surface area (TPSA) is 141 Å². The average molecular weight is 638 g/mol. The first kappa shape index (κ1) is 31.7. The Morgan fingerprint density at radius 3 is 2.66 bits per heavy atom. The zero-order valence-corrected chi connectivity index (χ0v) is 26.1. The molecule has 1 unspecified atom stereocenters. The van der Waals surface area contributed by atoms with Gasteiger partial charge in [-0.25, -0.2) is 4.39 Å². The number of pyridine rings is 2. The maximum atomic E-state index is 15.6. The van der Waals surface area contributed by atoms with Gasteiger partial charge in [0, 0.05) is 55.8 Å². The van der Waals surface area contributed by atoms with Gasteiger partial charge in [0.25, 0.3) is 5.91 Å². The number of halogens is 1. The van der Waals surface area contributed by atoms with Gasteiger partial charge in [-0.3, -0.25) is 14.6 Å². The van der Waals surface area contributed by atoms with Gasteiger partial charge in [0.05, 0.1) is 18.4 Å². The lowest BCUT2D eigenvalue weighted by Crippen LogP contribution is -2.37. The number of nitrogens with zero attached hydrogens (tertiary/aromatic N) is 2. The molecule has 0 spiro atoms. The van der Waals surface area contributed by atoms with Gasteiger partial charge in [-0.05, 0) is 90.4 Å². The van der Waals surface area contributed by atoms with Crippen LogP contribution in [0.2, 0.25) is 0 Å². The maximum absolute atomic E-state index is 15.6. The summed E-state index contributed by atoms with van der Waals surface area (Å²) >= 11 is 0. The molecule has 11 heteroatoms. The van der Waals surface area contributed by atoms with Gasteiger partial charge >= 0.3 is 0 Å². The molecule has 1 atom stereocenters. The minimum absolute atomic E-state index is 0.0296. The molecule has 10 nitrogen and oxygen atoms in total. The standard InChI is InChI=1S/C36H36FN5O5/c1-21-3-7-31(39-16-21)28-19-42(18-22-9-11-47-12-10-22)20-29(34(28)44)36(45)41-25-5-6-26(30(37)15-25)27-13-24(17-40-35(27)38)23-4-8-33(46-2)32(43)14-23/h3-8,13-17,19-20,22,35,40,43H,9-12,18,38H2,1-2H3,(H,41,45). The van der Waals surface area contributed by atoms with Crippen LogP contribution in [0.1, 0.15) is 39.9 Å². The molecule has 2 aliphatic rings. The quantitative estimate of drug-likeness (QED) is 0.210. The SMILES string of the molecule is COc1ccc(C2=CNC(N)C(c3ccc(NC(=O)c4cn(CC5CCOCC5)cc(-c5ccc(C)cn5)c4=O)cc3F)=C2)cc1O. The number of phenolic OH excluding ortho intramolecular Hbond substituents is 1. The lowest BCUT2D eigenvalue weighted by molar-refractivity contribution is 0.0612. The number of aromatic nitrogens is 2. The molecule has 2 aromatic carbocycles. The van der Waals surface area contributed by atoms with Crippen LogP contribution >= 0.6 is 0 Å². The summed E-state index contributed by atoms with van der Waals surface area (Å²) in [6, 6.07) is 12.9. The van der Waals surface area contributed by atoms with Crippen LogP contribution in [-0.4, -0.2) is 47.1 Å². The number of rotatable bonds is 8. The summed E-state index contributed by atoms with van der Waals surface area (Å²) in [5.74, 6) is -0.628. The van der Waals surface area contributed by atoms with Crippen molar-refractivity contribution >= 4 is 22.7 Å². The molecule has 1 saturated heterocycles. The summed E-state index contributed by atoms with van der Waals surface area (Å²) in [5, 5.41) is 16.0. The molecule has 0 bridgehead atoms. The number of nitrogens with two attached hydrogens (primary N) is 1. The number of carbonyl (C=O) groups excluding carboxylic acids is 1. The molecule has 242 valence electrons. The minimum atomic E-state index is -0.701. The van der Waals surface area contributed by atoms with Crippen LogP contribution < -0.4 is 26.5 Å². The number of nitrogens with one attached hydrogen (secondary N) is 2. The number of anilines is 1. The second-order valence-electron chi connectivity index (χ2n) is 11.8. The predicted molar refractivity (Wildman–Crippen MR) is 178 cm³/mol. The number of hydrogen-bond donors (Lipinski definition) is 4. The van der Waals surface area contributed by atoms with E-state index in [0.717, 1.165) is 18.4 Å². The van der Waals surface area contributed by atoms with Gasteiger partial charge in [-0.1, -0.05) is 12.1 Å². The van der Waals surface area contributed by atoms with Crippen LogP contribution in [-0.2, 0) is 11.3 Å². The third-order valence-electron chi connectivity index (χ3n) is 8.44. The molecular weight excluding hydrogens is 601 g/mol. The molecule has 0 radical (unpaired) electrons. The Hall–Kier alpha value is -5.26. The van der Waals surface area contributed by atoms with E-state index < -0.39 is 23.3 Å². The van der Waals surface area contributed by atoms with Gasteiger partial charge in [0.15, 0.2) is 11.5 Å². The fourth-order valence-corrected chi connectivity index (χ4v) is 5.81. The van der Waals surface area contributed by atoms with E-state index in [-0.39, 0.29) is 22.6 Å². The van der Waals surface area contributed by atoms with Crippen molar-refractivity contribution in [1.29, 1.82) is 0 Å². The molecule has 4 heterocycles. The number of aromatic hydroxyl groups is 1. The van der Waals surface area contributed by atoms with Crippen LogP contribution in [0.4, 0.5) is 10.1 Å². The molecule has 0 saturated carbocycles. The number of carbonyl (C=O) groups is 1. The minimum Gasteiger partial charge on any atom is -0.504 e. The number of allylic oxidation sites excluding steroid dienone is 2. The molecule has 0 aliphatic carbocycles. The number of dihydropyridines is 1. The number of methoxy groups -OCH3 is 1. The van der Waals surface area contributed by atoms with Crippen molar-refractivity contribution in [2.75, 3.05) is 25.6 Å². The van der Waals surface area contributed by atoms with Gasteiger partial charge in [0.1, 0.15) is 17.5 Å². The van der Waals surface area contributed by atoms with E-state index in [2.05, 4.69) is 15.6 Å². The van der Waals surface area contributed by atoms with Gasteiger partial charge in [-0.2, -0.15) is 0 Å². The van der Waals surface area contributed by atoms with E-state index in [0.29, 0.717) is 59.4 Å². The lowest BCUT2D eigenvalue weighted by Gasteiger charge is -2.24. The molecule has 1 fully saturated rings. The number of aryl methyl sites for hydroxylation is 1. The lowest BCUT2D eigenvalue weighted by atomic mass is 9.94. The highest BCUT2D eigenvalue weighted by Gasteiger charge is 2.23. The zero-order chi connectivity index (χ0) is 33.1. The van der Waals surface area contributed by atoms with Gasteiger partial charge in [-0.15, -0.1) is 0 Å². The third kappa shape index (κ3) is 6.96. The van der Waals surface area contributed by atoms with E-state index >= 15 is 4.39 Å². The molecule has 47 heavy (non-hydrogen) atoms. The summed E-state index contributed by atoms with van der Waals surface area (Å²) in [6.07, 6.45) is 9.47. The molecular formula is C36H36FN5O5. The molecule has 4 aromatic rings. The summed E-state index contributed by atoms with van der Waals surface area (Å²) in [7, 11) is 1.46. The van der Waals surface area contributed by atoms with Gasteiger partial charge < -0.3 is 35.5 Å². The van der Waals surface area contributed by atoms with Crippen LogP contribution in [0, 0.1) is 18.7 Å². The number of benzene rings is 2. The second kappa shape index (κ2) is 13.6. The average Bonchev–Trinajstić information content (AvgIpc) is 3.07. The smallest absolute Gasteiger partial charge is 0.261 e. The summed E-state index contributed by atoms with van der Waals surface area (Å²) < 4.78 is 28.1. The maximum Gasteiger partial charge on any atom is 0.261 e. The number of ether oxygens (including phenoxy) is 2. The normalized spacial score (nSPS) is 16.6. The van der Waals surface area contributed by atoms with Crippen molar-refractivity contribution in [3.63, 3.8) is 0 Å². The largest absolute Gasteiger partial charge is 0.504 e. The van der Waals surface area contributed by atoms with Crippen molar-refractivity contribution < 1.29 is 23.8 Å². The van der Waals surface area contributed by atoms with E-state index in [1.54, 1.807) is 61.2 Å². The van der Waals surface area contributed by atoms with E-state index in [1.165, 1.54) is 19.2 Å². The Morgan fingerprint density at radius 1 is 1.15 bits per heavy atom. The van der Waals surface area contributed by atoms with Gasteiger partial charge in [0.2, 0.25) is 5.43 Å². The fourth-order valence-electron chi connectivity index (χ4n) is 5.81. The highest BCUT2D eigenvalue weighted by atomic mass is 19.1. The number of hydrogen-bond acceptors (Lipinski definition) is 8. The summed E-state index contributed by atoms with van der Waals surface area (Å²) in [5.41, 5.74) is 9.71. The Morgan fingerprint density at radius 2 is 1.96 bits per heavy atom. The highest BCUT2D eigenvalue weighted by molar-refractivity contribution is 6.04. The Kier molecular flexibility index (Phi) is 9.19. The molecule has 5 N–H and O–H groups in total. The van der Waals surface area contributed by atoms with Crippen molar-refractivity contribution in [2.45, 2.75) is 32.5 Å². The molecule has 2 aliphatic heterocycles. The molecule has 6 rings (SSSR count).